The molecule has 0 aliphatic heterocycles. The summed E-state index contributed by atoms with van der Waals surface area (Å²) in [5.74, 6) is 0.746. The van der Waals surface area contributed by atoms with E-state index in [1.165, 1.54) is 44.4 Å². The monoisotopic (exact) mass is 492 g/mol. The minimum atomic E-state index is -0.352. The number of carbonyl (C=O) groups is 1. The highest BCUT2D eigenvalue weighted by molar-refractivity contribution is 5.81. The number of aliphatic hydroxyl groups excluding tert-OH is 1. The molecule has 0 bridgehead atoms. The first-order valence-corrected chi connectivity index (χ1v) is 13.6. The Morgan fingerprint density at radius 3 is 2.58 bits per heavy atom. The maximum Gasteiger partial charge on any atom is 0.330 e. The molecule has 3 unspecified atom stereocenters. The Hall–Kier alpha value is -2.59. The third-order valence-corrected chi connectivity index (χ3v) is 7.64. The molecule has 0 aromatic heterocycles. The minimum Gasteiger partial charge on any atom is -0.489 e. The molecule has 3 rings (SSSR count). The smallest absolute Gasteiger partial charge is 0.330 e. The first-order chi connectivity index (χ1) is 17.3. The Kier molecular flexibility index (Phi) is 10.6. The summed E-state index contributed by atoms with van der Waals surface area (Å²) in [4.78, 5) is 11.8. The number of hydrogen-bond acceptors (Lipinski definition) is 4. The summed E-state index contributed by atoms with van der Waals surface area (Å²) in [6, 6.07) is 16.9. The van der Waals surface area contributed by atoms with Gasteiger partial charge >= 0.3 is 5.97 Å². The van der Waals surface area contributed by atoms with Crippen LogP contribution in [0, 0.1) is 5.92 Å². The zero-order valence-corrected chi connectivity index (χ0v) is 22.5. The number of carbonyl (C=O) groups excluding carboxylic acids is 1. The molecule has 0 spiro atoms. The van der Waals surface area contributed by atoms with E-state index in [1.54, 1.807) is 0 Å². The van der Waals surface area contributed by atoms with Gasteiger partial charge in [-0.15, -0.1) is 0 Å². The van der Waals surface area contributed by atoms with Crippen LogP contribution in [0.4, 0.5) is 0 Å². The van der Waals surface area contributed by atoms with Crippen LogP contribution in [0.5, 0.6) is 5.75 Å². The molecule has 1 fully saturated rings. The molecular formula is C32H44O4. The van der Waals surface area contributed by atoms with Gasteiger partial charge in [-0.25, -0.2) is 4.79 Å². The summed E-state index contributed by atoms with van der Waals surface area (Å²) >= 11 is 0. The average molecular weight is 493 g/mol. The van der Waals surface area contributed by atoms with Crippen LogP contribution in [0.2, 0.25) is 0 Å². The summed E-state index contributed by atoms with van der Waals surface area (Å²) in [7, 11) is 1.40. The van der Waals surface area contributed by atoms with Crippen LogP contribution in [0.1, 0.15) is 94.7 Å². The van der Waals surface area contributed by atoms with E-state index < -0.39 is 0 Å². The number of allylic oxidation sites excluding steroid dienone is 1. The summed E-state index contributed by atoms with van der Waals surface area (Å²) in [6.07, 6.45) is 11.5. The quantitative estimate of drug-likeness (QED) is 0.189. The molecule has 2 aromatic rings. The highest BCUT2D eigenvalue weighted by Gasteiger charge is 2.32. The SMILES string of the molecule is CCCCCCC(C)(C)c1ccc(C2CC(O)CCC2/C=C\C(=O)OC)c(OCc2ccccc2)c1. The molecule has 1 N–H and O–H groups in total. The number of unbranched alkanes of at least 4 members (excludes halogenated alkanes) is 3. The first-order valence-electron chi connectivity index (χ1n) is 13.6. The highest BCUT2D eigenvalue weighted by atomic mass is 16.5. The molecule has 3 atom stereocenters. The Morgan fingerprint density at radius 1 is 1.08 bits per heavy atom. The number of rotatable bonds is 12. The highest BCUT2D eigenvalue weighted by Crippen LogP contribution is 2.44. The molecule has 1 aliphatic rings. The normalized spacial score (nSPS) is 20.4. The van der Waals surface area contributed by atoms with Crippen LogP contribution in [0.3, 0.4) is 0 Å². The molecule has 1 aliphatic carbocycles. The number of methoxy groups -OCH3 is 1. The molecule has 0 heterocycles. The van der Waals surface area contributed by atoms with E-state index in [0.29, 0.717) is 13.0 Å². The zero-order chi connectivity index (χ0) is 26.0. The number of aliphatic hydroxyl groups is 1. The van der Waals surface area contributed by atoms with E-state index in [9.17, 15) is 9.90 Å². The second-order valence-electron chi connectivity index (χ2n) is 10.8. The second-order valence-corrected chi connectivity index (χ2v) is 10.8. The van der Waals surface area contributed by atoms with Crippen molar-refractivity contribution in [3.05, 3.63) is 77.4 Å². The van der Waals surface area contributed by atoms with Crippen molar-refractivity contribution in [3.63, 3.8) is 0 Å². The molecule has 0 saturated heterocycles. The lowest BCUT2D eigenvalue weighted by molar-refractivity contribution is -0.134. The molecule has 1 saturated carbocycles. The Bertz CT molecular complexity index is 979. The summed E-state index contributed by atoms with van der Waals surface area (Å²) in [5, 5.41) is 10.5. The van der Waals surface area contributed by atoms with E-state index in [-0.39, 0.29) is 29.3 Å². The van der Waals surface area contributed by atoms with E-state index in [1.807, 2.05) is 24.3 Å². The van der Waals surface area contributed by atoms with Gasteiger partial charge in [0.2, 0.25) is 0 Å². The number of hydrogen-bond donors (Lipinski definition) is 1. The lowest BCUT2D eigenvalue weighted by Crippen LogP contribution is -2.26. The molecule has 36 heavy (non-hydrogen) atoms. The fourth-order valence-corrected chi connectivity index (χ4v) is 5.29. The third-order valence-electron chi connectivity index (χ3n) is 7.64. The van der Waals surface area contributed by atoms with Crippen molar-refractivity contribution < 1.29 is 19.4 Å². The first kappa shape index (κ1) is 28.0. The molecule has 4 nitrogen and oxygen atoms in total. The largest absolute Gasteiger partial charge is 0.489 e. The molecule has 4 heteroatoms. The van der Waals surface area contributed by atoms with E-state index in [4.69, 9.17) is 9.47 Å². The zero-order valence-electron chi connectivity index (χ0n) is 22.5. The summed E-state index contributed by atoms with van der Waals surface area (Å²) < 4.78 is 11.3. The maximum absolute atomic E-state index is 11.8. The minimum absolute atomic E-state index is 0.0490. The predicted octanol–water partition coefficient (Wildman–Crippen LogP) is 7.49. The van der Waals surface area contributed by atoms with Gasteiger partial charge in [0.15, 0.2) is 0 Å². The summed E-state index contributed by atoms with van der Waals surface area (Å²) in [6.45, 7) is 7.38. The van der Waals surface area contributed by atoms with Crippen molar-refractivity contribution in [2.24, 2.45) is 5.92 Å². The standard InChI is InChI=1S/C32H44O4/c1-5-6-7-11-20-32(2,3)26-16-18-28(30(21-26)36-23-24-12-9-8-10-13-24)29-22-27(33)17-14-25(29)15-19-31(34)35-4/h8-10,12-13,15-16,18-19,21,25,27,29,33H,5-7,11,14,17,20,22-23H2,1-4H3/b19-15-. The van der Waals surface area contributed by atoms with Gasteiger partial charge in [0.1, 0.15) is 12.4 Å². The molecule has 0 radical (unpaired) electrons. The van der Waals surface area contributed by atoms with Crippen molar-refractivity contribution >= 4 is 5.97 Å². The fraction of sp³-hybridized carbons (Fsp3) is 0.531. The van der Waals surface area contributed by atoms with Crippen molar-refractivity contribution in [2.45, 2.75) is 96.2 Å². The van der Waals surface area contributed by atoms with Crippen molar-refractivity contribution in [3.8, 4) is 5.75 Å². The Labute approximate surface area is 217 Å². The predicted molar refractivity (Wildman–Crippen MR) is 146 cm³/mol. The van der Waals surface area contributed by atoms with E-state index in [2.05, 4.69) is 51.1 Å². The van der Waals surface area contributed by atoms with Crippen molar-refractivity contribution in [1.82, 2.24) is 0 Å². The van der Waals surface area contributed by atoms with Crippen LogP contribution in [0.15, 0.2) is 60.7 Å². The van der Waals surface area contributed by atoms with Gasteiger partial charge in [0, 0.05) is 6.08 Å². The molecule has 196 valence electrons. The molecule has 0 amide bonds. The van der Waals surface area contributed by atoms with Gasteiger partial charge in [0.05, 0.1) is 13.2 Å². The van der Waals surface area contributed by atoms with Gasteiger partial charge < -0.3 is 14.6 Å². The van der Waals surface area contributed by atoms with Gasteiger partial charge in [-0.05, 0) is 65.7 Å². The topological polar surface area (TPSA) is 55.8 Å². The fourth-order valence-electron chi connectivity index (χ4n) is 5.29. The number of esters is 1. The van der Waals surface area contributed by atoms with Crippen LogP contribution < -0.4 is 4.74 Å². The van der Waals surface area contributed by atoms with E-state index in [0.717, 1.165) is 36.1 Å². The summed E-state index contributed by atoms with van der Waals surface area (Å²) in [5.41, 5.74) is 3.56. The van der Waals surface area contributed by atoms with Gasteiger partial charge in [0.25, 0.3) is 0 Å². The van der Waals surface area contributed by atoms with Gasteiger partial charge in [-0.2, -0.15) is 0 Å². The van der Waals surface area contributed by atoms with Crippen LogP contribution in [-0.2, 0) is 21.6 Å². The lowest BCUT2D eigenvalue weighted by atomic mass is 9.72. The number of benzene rings is 2. The van der Waals surface area contributed by atoms with Crippen LogP contribution in [-0.4, -0.2) is 24.3 Å². The van der Waals surface area contributed by atoms with Gasteiger partial charge in [-0.3, -0.25) is 0 Å². The average Bonchev–Trinajstić information content (AvgIpc) is 2.89. The van der Waals surface area contributed by atoms with E-state index >= 15 is 0 Å². The Balaban J connectivity index is 1.92. The third kappa shape index (κ3) is 7.96. The van der Waals surface area contributed by atoms with Gasteiger partial charge in [-0.1, -0.05) is 95.0 Å². The lowest BCUT2D eigenvalue weighted by Gasteiger charge is -2.34. The van der Waals surface area contributed by atoms with Crippen molar-refractivity contribution in [2.75, 3.05) is 7.11 Å². The molecular weight excluding hydrogens is 448 g/mol. The van der Waals surface area contributed by atoms with Crippen molar-refractivity contribution in [1.29, 1.82) is 0 Å². The molecule has 2 aromatic carbocycles. The second kappa shape index (κ2) is 13.6. The van der Waals surface area contributed by atoms with Crippen LogP contribution >= 0.6 is 0 Å². The Morgan fingerprint density at radius 2 is 1.86 bits per heavy atom. The van der Waals surface area contributed by atoms with Crippen LogP contribution in [0.25, 0.3) is 0 Å². The maximum atomic E-state index is 11.8. The number of ether oxygens (including phenoxy) is 2.